The fourth-order valence-corrected chi connectivity index (χ4v) is 3.09. The van der Waals surface area contributed by atoms with Crippen molar-refractivity contribution in [2.24, 2.45) is 11.3 Å². The van der Waals surface area contributed by atoms with Crippen LogP contribution in [0.1, 0.15) is 51.5 Å². The summed E-state index contributed by atoms with van der Waals surface area (Å²) in [7, 11) is 0. The van der Waals surface area contributed by atoms with Crippen LogP contribution >= 0.6 is 0 Å². The highest BCUT2D eigenvalue weighted by Crippen LogP contribution is 2.39. The lowest BCUT2D eigenvalue weighted by atomic mass is 9.72. The van der Waals surface area contributed by atoms with Crippen LogP contribution < -0.4 is 10.1 Å². The van der Waals surface area contributed by atoms with Gasteiger partial charge in [-0.2, -0.15) is 0 Å². The van der Waals surface area contributed by atoms with E-state index in [2.05, 4.69) is 19.2 Å². The molecule has 1 aliphatic carbocycles. The van der Waals surface area contributed by atoms with E-state index in [0.29, 0.717) is 30.0 Å². The van der Waals surface area contributed by atoms with E-state index >= 15 is 0 Å². The summed E-state index contributed by atoms with van der Waals surface area (Å²) in [6.07, 6.45) is 5.21. The van der Waals surface area contributed by atoms with E-state index in [0.717, 1.165) is 18.4 Å². The highest BCUT2D eigenvalue weighted by atomic mass is 16.5. The maximum atomic E-state index is 12.1. The number of carbonyl (C=O) groups is 2. The number of rotatable bonds is 7. The molecular weight excluding hydrogens is 306 g/mol. The molecule has 0 aromatic heterocycles. The number of aliphatic carboxylic acids is 1. The Kier molecular flexibility index (Phi) is 6.23. The van der Waals surface area contributed by atoms with Crippen molar-refractivity contribution in [3.8, 4) is 5.75 Å². The van der Waals surface area contributed by atoms with Crippen LogP contribution in [0.3, 0.4) is 0 Å². The summed E-state index contributed by atoms with van der Waals surface area (Å²) in [5.41, 5.74) is 1.32. The van der Waals surface area contributed by atoms with Gasteiger partial charge in [0.05, 0.1) is 0 Å². The van der Waals surface area contributed by atoms with Gasteiger partial charge in [-0.1, -0.05) is 26.0 Å². The predicted molar refractivity (Wildman–Crippen MR) is 91.8 cm³/mol. The summed E-state index contributed by atoms with van der Waals surface area (Å²) in [6.45, 7) is 4.65. The van der Waals surface area contributed by atoms with Crippen LogP contribution in [-0.2, 0) is 16.1 Å². The van der Waals surface area contributed by atoms with Gasteiger partial charge >= 0.3 is 5.97 Å². The minimum atomic E-state index is -1.01. The fraction of sp³-hybridized carbons (Fsp3) is 0.579. The van der Waals surface area contributed by atoms with Gasteiger partial charge < -0.3 is 15.2 Å². The Labute approximate surface area is 143 Å². The van der Waals surface area contributed by atoms with Crippen molar-refractivity contribution in [2.45, 2.75) is 52.5 Å². The van der Waals surface area contributed by atoms with Crippen LogP contribution in [0.2, 0.25) is 0 Å². The fourth-order valence-electron chi connectivity index (χ4n) is 3.09. The second-order valence-corrected chi connectivity index (χ2v) is 7.42. The molecule has 0 radical (unpaired) electrons. The zero-order valence-corrected chi connectivity index (χ0v) is 14.5. The lowest BCUT2D eigenvalue weighted by molar-refractivity contribution is -0.139. The molecule has 0 aliphatic heterocycles. The number of benzene rings is 1. The Morgan fingerprint density at radius 1 is 1.29 bits per heavy atom. The van der Waals surface area contributed by atoms with Crippen molar-refractivity contribution in [3.05, 3.63) is 29.8 Å². The van der Waals surface area contributed by atoms with Crippen LogP contribution in [0.15, 0.2) is 24.3 Å². The van der Waals surface area contributed by atoms with Gasteiger partial charge in [0.25, 0.3) is 0 Å². The van der Waals surface area contributed by atoms with Crippen LogP contribution in [0.5, 0.6) is 5.75 Å². The first-order valence-corrected chi connectivity index (χ1v) is 8.54. The summed E-state index contributed by atoms with van der Waals surface area (Å²) in [5.74, 6) is 0.0582. The van der Waals surface area contributed by atoms with Gasteiger partial charge in [0.1, 0.15) is 5.75 Å². The summed E-state index contributed by atoms with van der Waals surface area (Å²) >= 11 is 0. The average molecular weight is 333 g/mol. The van der Waals surface area contributed by atoms with E-state index < -0.39 is 5.97 Å². The normalized spacial score (nSPS) is 17.2. The molecule has 1 fully saturated rings. The van der Waals surface area contributed by atoms with E-state index in [1.54, 1.807) is 18.2 Å². The van der Waals surface area contributed by atoms with Gasteiger partial charge in [-0.3, -0.25) is 4.79 Å². The molecule has 0 unspecified atom stereocenters. The zero-order chi connectivity index (χ0) is 17.6. The van der Waals surface area contributed by atoms with Crippen LogP contribution in [0, 0.1) is 11.3 Å². The maximum Gasteiger partial charge on any atom is 0.341 e. The number of ether oxygens (including phenoxy) is 1. The smallest absolute Gasteiger partial charge is 0.341 e. The summed E-state index contributed by atoms with van der Waals surface area (Å²) in [6, 6.07) is 7.14. The van der Waals surface area contributed by atoms with Crippen molar-refractivity contribution in [2.75, 3.05) is 6.61 Å². The lowest BCUT2D eigenvalue weighted by Gasteiger charge is -2.34. The number of carbonyl (C=O) groups excluding carboxylic acids is 1. The molecule has 132 valence electrons. The van der Waals surface area contributed by atoms with Crippen LogP contribution in [0.25, 0.3) is 0 Å². The second-order valence-electron chi connectivity index (χ2n) is 7.42. The lowest BCUT2D eigenvalue weighted by Crippen LogP contribution is -2.28. The van der Waals surface area contributed by atoms with Crippen LogP contribution in [0.4, 0.5) is 0 Å². The molecule has 1 aliphatic rings. The van der Waals surface area contributed by atoms with Gasteiger partial charge in [0.2, 0.25) is 5.91 Å². The Hall–Kier alpha value is -2.04. The van der Waals surface area contributed by atoms with E-state index in [-0.39, 0.29) is 12.5 Å². The van der Waals surface area contributed by atoms with Crippen molar-refractivity contribution in [1.82, 2.24) is 5.32 Å². The molecule has 2 rings (SSSR count). The second kappa shape index (κ2) is 8.18. The predicted octanol–water partition coefficient (Wildman–Crippen LogP) is 3.37. The number of carboxylic acids is 1. The first-order chi connectivity index (χ1) is 11.3. The topological polar surface area (TPSA) is 75.6 Å². The third kappa shape index (κ3) is 6.22. The van der Waals surface area contributed by atoms with E-state index in [1.165, 1.54) is 12.8 Å². The highest BCUT2D eigenvalue weighted by Gasteiger charge is 2.27. The van der Waals surface area contributed by atoms with E-state index in [9.17, 15) is 9.59 Å². The van der Waals surface area contributed by atoms with Gasteiger partial charge in [0.15, 0.2) is 6.61 Å². The zero-order valence-electron chi connectivity index (χ0n) is 14.5. The number of nitrogens with one attached hydrogen (secondary N) is 1. The minimum absolute atomic E-state index is 0.0802. The molecule has 1 aromatic carbocycles. The average Bonchev–Trinajstić information content (AvgIpc) is 2.53. The molecule has 0 saturated heterocycles. The van der Waals surface area contributed by atoms with E-state index in [1.807, 2.05) is 6.07 Å². The van der Waals surface area contributed by atoms with E-state index in [4.69, 9.17) is 9.84 Å². The molecule has 5 heteroatoms. The first kappa shape index (κ1) is 18.3. The number of hydrogen-bond acceptors (Lipinski definition) is 3. The molecule has 0 bridgehead atoms. The van der Waals surface area contributed by atoms with Crippen molar-refractivity contribution in [1.29, 1.82) is 0 Å². The monoisotopic (exact) mass is 333 g/mol. The molecule has 0 spiro atoms. The van der Waals surface area contributed by atoms with Crippen molar-refractivity contribution >= 4 is 11.9 Å². The number of hydrogen-bond donors (Lipinski definition) is 2. The van der Waals surface area contributed by atoms with Crippen LogP contribution in [-0.4, -0.2) is 23.6 Å². The SMILES string of the molecule is CC1(C)CCC(CC(=O)NCc2cccc(OCC(=O)O)c2)CC1. The van der Waals surface area contributed by atoms with Crippen molar-refractivity contribution in [3.63, 3.8) is 0 Å². The minimum Gasteiger partial charge on any atom is -0.482 e. The maximum absolute atomic E-state index is 12.1. The summed E-state index contributed by atoms with van der Waals surface area (Å²) in [5, 5.41) is 11.6. The van der Waals surface area contributed by atoms with Gasteiger partial charge in [0, 0.05) is 13.0 Å². The molecule has 0 atom stereocenters. The standard InChI is InChI=1S/C19H27NO4/c1-19(2)8-6-14(7-9-19)11-17(21)20-12-15-4-3-5-16(10-15)24-13-18(22)23/h3-5,10,14H,6-9,11-13H2,1-2H3,(H,20,21)(H,22,23). The molecule has 1 saturated carbocycles. The highest BCUT2D eigenvalue weighted by molar-refractivity contribution is 5.76. The quantitative estimate of drug-likeness (QED) is 0.802. The Balaban J connectivity index is 1.75. The molecule has 1 aromatic rings. The largest absolute Gasteiger partial charge is 0.482 e. The molecule has 1 amide bonds. The molecular formula is C19H27NO4. The van der Waals surface area contributed by atoms with Crippen molar-refractivity contribution < 1.29 is 19.4 Å². The summed E-state index contributed by atoms with van der Waals surface area (Å²) in [4.78, 5) is 22.6. The third-order valence-electron chi connectivity index (χ3n) is 4.68. The molecule has 2 N–H and O–H groups in total. The Morgan fingerprint density at radius 3 is 2.67 bits per heavy atom. The Morgan fingerprint density at radius 2 is 2.00 bits per heavy atom. The summed E-state index contributed by atoms with van der Waals surface area (Å²) < 4.78 is 5.14. The first-order valence-electron chi connectivity index (χ1n) is 8.54. The number of amides is 1. The number of carboxylic acid groups (broad SMARTS) is 1. The Bertz CT molecular complexity index is 572. The molecule has 24 heavy (non-hydrogen) atoms. The molecule has 0 heterocycles. The van der Waals surface area contributed by atoms with Gasteiger partial charge in [-0.15, -0.1) is 0 Å². The van der Waals surface area contributed by atoms with Gasteiger partial charge in [-0.05, 0) is 54.7 Å². The third-order valence-corrected chi connectivity index (χ3v) is 4.68. The van der Waals surface area contributed by atoms with Gasteiger partial charge in [-0.25, -0.2) is 4.79 Å². The molecule has 5 nitrogen and oxygen atoms in total.